The average molecular weight is 208 g/mol. The maximum atomic E-state index is 8.94. The van der Waals surface area contributed by atoms with E-state index < -0.39 is 0 Å². The molecule has 0 radical (unpaired) electrons. The van der Waals surface area contributed by atoms with Crippen LogP contribution in [0.25, 0.3) is 0 Å². The Labute approximate surface area is 90.7 Å². The van der Waals surface area contributed by atoms with Crippen molar-refractivity contribution in [1.82, 2.24) is 4.98 Å². The highest BCUT2D eigenvalue weighted by atomic mass is 16.3. The molecule has 0 amide bonds. The number of H-pyrrole nitrogens is 1. The summed E-state index contributed by atoms with van der Waals surface area (Å²) < 4.78 is 0. The Morgan fingerprint density at radius 3 is 2.87 bits per heavy atom. The first-order valence-electron chi connectivity index (χ1n) is 5.80. The molecule has 4 N–H and O–H groups in total. The van der Waals surface area contributed by atoms with Gasteiger partial charge >= 0.3 is 0 Å². The zero-order valence-electron chi connectivity index (χ0n) is 9.34. The topological polar surface area (TPSA) is 62.0 Å². The Balaban J connectivity index is 2.32. The third kappa shape index (κ3) is 1.94. The van der Waals surface area contributed by atoms with Crippen LogP contribution >= 0.6 is 0 Å². The molecule has 1 atom stereocenters. The van der Waals surface area contributed by atoms with Crippen molar-refractivity contribution >= 4 is 0 Å². The van der Waals surface area contributed by atoms with Crippen LogP contribution in [0.2, 0.25) is 0 Å². The number of hydrogen-bond acceptors (Lipinski definition) is 2. The second-order valence-corrected chi connectivity index (χ2v) is 4.45. The van der Waals surface area contributed by atoms with Crippen molar-refractivity contribution in [3.8, 4) is 0 Å². The highest BCUT2D eigenvalue weighted by Gasteiger charge is 2.21. The van der Waals surface area contributed by atoms with Crippen molar-refractivity contribution in [2.75, 3.05) is 6.61 Å². The zero-order chi connectivity index (χ0) is 10.8. The summed E-state index contributed by atoms with van der Waals surface area (Å²) in [5, 5.41) is 8.94. The van der Waals surface area contributed by atoms with E-state index in [9.17, 15) is 0 Å². The van der Waals surface area contributed by atoms with Gasteiger partial charge in [-0.25, -0.2) is 0 Å². The number of nitrogens with one attached hydrogen (secondary N) is 1. The van der Waals surface area contributed by atoms with Gasteiger partial charge in [0.2, 0.25) is 0 Å². The molecule has 0 saturated carbocycles. The predicted octanol–water partition coefficient (Wildman–Crippen LogP) is 1.58. The zero-order valence-corrected chi connectivity index (χ0v) is 9.34. The van der Waals surface area contributed by atoms with Gasteiger partial charge in [0, 0.05) is 24.0 Å². The van der Waals surface area contributed by atoms with Crippen LogP contribution in [0.5, 0.6) is 0 Å². The minimum absolute atomic E-state index is 0.00639. The van der Waals surface area contributed by atoms with Gasteiger partial charge in [-0.3, -0.25) is 0 Å². The summed E-state index contributed by atoms with van der Waals surface area (Å²) in [6.45, 7) is 2.26. The van der Waals surface area contributed by atoms with E-state index in [1.54, 1.807) is 0 Å². The smallest absolute Gasteiger partial charge is 0.0449 e. The molecule has 0 saturated heterocycles. The van der Waals surface area contributed by atoms with E-state index in [2.05, 4.69) is 11.9 Å². The number of fused-ring (bicyclic) bond motifs is 1. The van der Waals surface area contributed by atoms with Gasteiger partial charge in [0.05, 0.1) is 0 Å². The maximum Gasteiger partial charge on any atom is 0.0449 e. The summed E-state index contributed by atoms with van der Waals surface area (Å²) >= 11 is 0. The lowest BCUT2D eigenvalue weighted by Gasteiger charge is -2.16. The van der Waals surface area contributed by atoms with Crippen LogP contribution in [-0.4, -0.2) is 16.7 Å². The predicted molar refractivity (Wildman–Crippen MR) is 60.8 cm³/mol. The first-order valence-corrected chi connectivity index (χ1v) is 5.80. The molecule has 1 heterocycles. The lowest BCUT2D eigenvalue weighted by Crippen LogP contribution is -2.15. The maximum absolute atomic E-state index is 8.94. The van der Waals surface area contributed by atoms with E-state index in [4.69, 9.17) is 10.8 Å². The van der Waals surface area contributed by atoms with Gasteiger partial charge in [0.25, 0.3) is 0 Å². The van der Waals surface area contributed by atoms with E-state index in [-0.39, 0.29) is 12.6 Å². The van der Waals surface area contributed by atoms with Crippen LogP contribution in [0, 0.1) is 6.92 Å². The number of aryl methyl sites for hydroxylation is 2. The standard InChI is InChI=1S/C12H20N2O/c1-8-12(10(13)6-7-15)9-4-2-3-5-11(9)14-8/h10,14-15H,2-7,13H2,1H3. The molecule has 15 heavy (non-hydrogen) atoms. The van der Waals surface area contributed by atoms with Crippen LogP contribution in [0.3, 0.4) is 0 Å². The van der Waals surface area contributed by atoms with Gasteiger partial charge in [0.1, 0.15) is 0 Å². The lowest BCUT2D eigenvalue weighted by atomic mass is 9.91. The fourth-order valence-corrected chi connectivity index (χ4v) is 2.65. The molecule has 1 aliphatic rings. The van der Waals surface area contributed by atoms with E-state index in [1.165, 1.54) is 35.4 Å². The van der Waals surface area contributed by atoms with Crippen LogP contribution in [0.1, 0.15) is 47.8 Å². The number of nitrogens with two attached hydrogens (primary N) is 1. The van der Waals surface area contributed by atoms with Gasteiger partial charge in [-0.2, -0.15) is 0 Å². The Bertz CT molecular complexity index is 344. The molecule has 0 aliphatic heterocycles. The van der Waals surface area contributed by atoms with Crippen molar-refractivity contribution in [2.45, 2.75) is 45.1 Å². The minimum Gasteiger partial charge on any atom is -0.396 e. The number of hydrogen-bond donors (Lipinski definition) is 3. The van der Waals surface area contributed by atoms with Crippen molar-refractivity contribution in [3.05, 3.63) is 22.5 Å². The monoisotopic (exact) mass is 208 g/mol. The second kappa shape index (κ2) is 4.37. The lowest BCUT2D eigenvalue weighted by molar-refractivity contribution is 0.276. The van der Waals surface area contributed by atoms with Crippen LogP contribution in [0.4, 0.5) is 0 Å². The quantitative estimate of drug-likeness (QED) is 0.706. The molecule has 0 spiro atoms. The molecule has 1 aromatic heterocycles. The fourth-order valence-electron chi connectivity index (χ4n) is 2.65. The normalized spacial score (nSPS) is 17.5. The SMILES string of the molecule is Cc1[nH]c2c(c1C(N)CCO)CCCC2. The molecule has 3 nitrogen and oxygen atoms in total. The Morgan fingerprint density at radius 2 is 2.13 bits per heavy atom. The molecular weight excluding hydrogens is 188 g/mol. The molecule has 2 rings (SSSR count). The van der Waals surface area contributed by atoms with Crippen molar-refractivity contribution < 1.29 is 5.11 Å². The van der Waals surface area contributed by atoms with E-state index in [0.29, 0.717) is 6.42 Å². The van der Waals surface area contributed by atoms with Crippen molar-refractivity contribution in [3.63, 3.8) is 0 Å². The second-order valence-electron chi connectivity index (χ2n) is 4.45. The molecular formula is C12H20N2O. The summed E-state index contributed by atoms with van der Waals surface area (Å²) in [6.07, 6.45) is 5.51. The van der Waals surface area contributed by atoms with E-state index in [1.807, 2.05) is 0 Å². The summed E-state index contributed by atoms with van der Waals surface area (Å²) in [5.41, 5.74) is 11.4. The van der Waals surface area contributed by atoms with Gasteiger partial charge in [0.15, 0.2) is 0 Å². The summed E-state index contributed by atoms with van der Waals surface area (Å²) in [4.78, 5) is 3.44. The first-order chi connectivity index (χ1) is 7.24. The molecule has 0 aromatic carbocycles. The van der Waals surface area contributed by atoms with Gasteiger partial charge < -0.3 is 15.8 Å². The summed E-state index contributed by atoms with van der Waals surface area (Å²) in [5.74, 6) is 0. The highest BCUT2D eigenvalue weighted by molar-refractivity contribution is 5.40. The van der Waals surface area contributed by atoms with E-state index >= 15 is 0 Å². The van der Waals surface area contributed by atoms with Gasteiger partial charge in [-0.15, -0.1) is 0 Å². The number of aliphatic hydroxyl groups is 1. The van der Waals surface area contributed by atoms with Gasteiger partial charge in [-0.05, 0) is 50.2 Å². The highest BCUT2D eigenvalue weighted by Crippen LogP contribution is 2.31. The van der Waals surface area contributed by atoms with Crippen LogP contribution < -0.4 is 5.73 Å². The largest absolute Gasteiger partial charge is 0.396 e. The Kier molecular flexibility index (Phi) is 3.12. The summed E-state index contributed by atoms with van der Waals surface area (Å²) in [6, 6.07) is -0.00639. The minimum atomic E-state index is -0.00639. The Hall–Kier alpha value is -0.800. The first kappa shape index (κ1) is 10.7. The summed E-state index contributed by atoms with van der Waals surface area (Å²) in [7, 11) is 0. The van der Waals surface area contributed by atoms with Gasteiger partial charge in [-0.1, -0.05) is 0 Å². The molecule has 1 aromatic rings. The van der Waals surface area contributed by atoms with Crippen LogP contribution in [-0.2, 0) is 12.8 Å². The third-order valence-corrected chi connectivity index (χ3v) is 3.35. The molecule has 3 heteroatoms. The third-order valence-electron chi connectivity index (χ3n) is 3.35. The number of aliphatic hydroxyl groups excluding tert-OH is 1. The number of aromatic amines is 1. The van der Waals surface area contributed by atoms with Crippen LogP contribution in [0.15, 0.2) is 0 Å². The number of aromatic nitrogens is 1. The molecule has 84 valence electrons. The fraction of sp³-hybridized carbons (Fsp3) is 0.667. The molecule has 1 aliphatic carbocycles. The molecule has 0 bridgehead atoms. The average Bonchev–Trinajstić information content (AvgIpc) is 2.54. The van der Waals surface area contributed by atoms with Crippen molar-refractivity contribution in [2.24, 2.45) is 5.73 Å². The van der Waals surface area contributed by atoms with Crippen molar-refractivity contribution in [1.29, 1.82) is 0 Å². The molecule has 0 fully saturated rings. The molecule has 1 unspecified atom stereocenters. The Morgan fingerprint density at radius 1 is 1.40 bits per heavy atom. The number of rotatable bonds is 3. The van der Waals surface area contributed by atoms with E-state index in [0.717, 1.165) is 12.8 Å².